The smallest absolute Gasteiger partial charge is 0.152 e. The molecule has 8 heteroatoms. The molecule has 0 spiro atoms. The van der Waals surface area contributed by atoms with Crippen molar-refractivity contribution in [1.82, 2.24) is 10.6 Å². The van der Waals surface area contributed by atoms with Gasteiger partial charge in [0.15, 0.2) is 6.29 Å². The van der Waals surface area contributed by atoms with Crippen molar-refractivity contribution in [3.8, 4) is 5.75 Å². The molecule has 5 N–H and O–H groups in total. The van der Waals surface area contributed by atoms with Gasteiger partial charge in [0.25, 0.3) is 0 Å². The number of carbonyl (C=O) groups is 1. The zero-order chi connectivity index (χ0) is 25.2. The molecule has 35 heavy (non-hydrogen) atoms. The van der Waals surface area contributed by atoms with Gasteiger partial charge in [-0.2, -0.15) is 0 Å². The number of benzene rings is 2. The van der Waals surface area contributed by atoms with Gasteiger partial charge in [-0.25, -0.2) is 0 Å². The Morgan fingerprint density at radius 1 is 1.17 bits per heavy atom. The van der Waals surface area contributed by atoms with Crippen LogP contribution >= 0.6 is 11.8 Å². The fraction of sp³-hybridized carbons (Fsp3) is 0.519. The zero-order valence-electron chi connectivity index (χ0n) is 20.9. The molecule has 3 atom stereocenters. The number of nitrogens with one attached hydrogen (secondary N) is 3. The number of aromatic hydroxyl groups is 1. The Hall–Kier alpha value is -2.10. The maximum atomic E-state index is 11.1. The number of methoxy groups -OCH3 is 1. The molecule has 2 aromatic rings. The number of ether oxygens (including phenoxy) is 1. The van der Waals surface area contributed by atoms with Crippen molar-refractivity contribution in [2.75, 3.05) is 38.7 Å². The molecule has 7 nitrogen and oxygen atoms in total. The van der Waals surface area contributed by atoms with E-state index in [0.717, 1.165) is 50.1 Å². The van der Waals surface area contributed by atoms with Crippen molar-refractivity contribution in [1.29, 1.82) is 0 Å². The third kappa shape index (κ3) is 8.22. The highest BCUT2D eigenvalue weighted by molar-refractivity contribution is 8.01. The Labute approximate surface area is 213 Å². The molecular formula is C27H39N3O4S. The molecule has 0 amide bonds. The summed E-state index contributed by atoms with van der Waals surface area (Å²) in [6.07, 6.45) is 3.01. The maximum Gasteiger partial charge on any atom is 0.152 e. The lowest BCUT2D eigenvalue weighted by Gasteiger charge is -2.20. The van der Waals surface area contributed by atoms with Gasteiger partial charge in [-0.3, -0.25) is 0 Å². The van der Waals surface area contributed by atoms with Crippen LogP contribution in [0.3, 0.4) is 0 Å². The normalized spacial score (nSPS) is 16.7. The molecule has 0 aliphatic carbocycles. The second kappa shape index (κ2) is 13.8. The van der Waals surface area contributed by atoms with Gasteiger partial charge in [0.2, 0.25) is 0 Å². The highest BCUT2D eigenvalue weighted by atomic mass is 32.2. The Kier molecular flexibility index (Phi) is 10.9. The fourth-order valence-corrected chi connectivity index (χ4v) is 5.51. The van der Waals surface area contributed by atoms with Crippen LogP contribution in [0.5, 0.6) is 5.75 Å². The second-order valence-electron chi connectivity index (χ2n) is 9.47. The molecule has 1 unspecified atom stereocenters. The molecule has 0 saturated heterocycles. The largest absolute Gasteiger partial charge is 0.506 e. The van der Waals surface area contributed by atoms with Gasteiger partial charge in [0.1, 0.15) is 11.1 Å². The number of fused-ring (bicyclic) bond motifs is 1. The van der Waals surface area contributed by atoms with Crippen LogP contribution in [-0.4, -0.2) is 61.3 Å². The summed E-state index contributed by atoms with van der Waals surface area (Å²) in [6.45, 7) is 7.25. The first-order valence-electron chi connectivity index (χ1n) is 12.3. The van der Waals surface area contributed by atoms with Crippen LogP contribution in [0.25, 0.3) is 0 Å². The lowest BCUT2D eigenvalue weighted by Crippen LogP contribution is -2.35. The van der Waals surface area contributed by atoms with Gasteiger partial charge in [-0.1, -0.05) is 55.9 Å². The van der Waals surface area contributed by atoms with E-state index >= 15 is 0 Å². The van der Waals surface area contributed by atoms with Gasteiger partial charge in [0, 0.05) is 24.6 Å². The fourth-order valence-electron chi connectivity index (χ4n) is 4.40. The van der Waals surface area contributed by atoms with E-state index in [2.05, 4.69) is 54.1 Å². The molecule has 0 fully saturated rings. The second-order valence-corrected chi connectivity index (χ2v) is 10.6. The average Bonchev–Trinajstić information content (AvgIpc) is 3.27. The molecule has 1 aliphatic heterocycles. The number of hydrogen-bond acceptors (Lipinski definition) is 8. The minimum atomic E-state index is -0.729. The number of thioether (sulfide) groups is 1. The number of aliphatic hydroxyl groups excluding tert-OH is 1. The van der Waals surface area contributed by atoms with Crippen molar-refractivity contribution in [3.05, 3.63) is 53.1 Å². The van der Waals surface area contributed by atoms with Crippen molar-refractivity contribution >= 4 is 23.7 Å². The minimum absolute atomic E-state index is 0.0879. The van der Waals surface area contributed by atoms with E-state index < -0.39 is 11.5 Å². The lowest BCUT2D eigenvalue weighted by atomic mass is 10.0. The van der Waals surface area contributed by atoms with E-state index in [1.54, 1.807) is 19.2 Å². The van der Waals surface area contributed by atoms with Crippen LogP contribution < -0.4 is 16.0 Å². The van der Waals surface area contributed by atoms with Crippen LogP contribution in [0.1, 0.15) is 43.1 Å². The first kappa shape index (κ1) is 27.5. The van der Waals surface area contributed by atoms with Crippen LogP contribution in [0.2, 0.25) is 0 Å². The van der Waals surface area contributed by atoms with E-state index in [4.69, 9.17) is 4.74 Å². The highest BCUT2D eigenvalue weighted by Crippen LogP contribution is 2.46. The van der Waals surface area contributed by atoms with E-state index in [1.165, 1.54) is 22.9 Å². The number of hydrogen-bond donors (Lipinski definition) is 5. The minimum Gasteiger partial charge on any atom is -0.506 e. The van der Waals surface area contributed by atoms with Crippen molar-refractivity contribution in [3.63, 3.8) is 0 Å². The predicted octanol–water partition coefficient (Wildman–Crippen LogP) is 3.49. The molecule has 0 saturated carbocycles. The maximum absolute atomic E-state index is 11.1. The Morgan fingerprint density at radius 3 is 2.60 bits per heavy atom. The summed E-state index contributed by atoms with van der Waals surface area (Å²) in [4.78, 5) is 11.9. The molecular weight excluding hydrogens is 462 g/mol. The van der Waals surface area contributed by atoms with Gasteiger partial charge < -0.3 is 35.7 Å². The standard InChI is InChI=1S/C27H39N3O4S/c1-18(2)13-21(17-34-3)29-12-10-20-6-4-5-19(14-20)9-11-28-15-24(33)22-7-8-23(32)26-27(22)35-25(16-31)30-26/h4-8,14,16,18,21,24-25,28-30,32-33H,9-13,15,17H2,1-3H3/t21-,24-,25?/m0/s1. The van der Waals surface area contributed by atoms with E-state index in [9.17, 15) is 15.0 Å². The number of phenolic OH excluding ortho intramolecular Hbond substituents is 1. The van der Waals surface area contributed by atoms with E-state index in [-0.39, 0.29) is 5.75 Å². The Morgan fingerprint density at radius 2 is 1.91 bits per heavy atom. The van der Waals surface area contributed by atoms with E-state index in [0.29, 0.717) is 29.8 Å². The summed E-state index contributed by atoms with van der Waals surface area (Å²) in [5.74, 6) is 0.723. The van der Waals surface area contributed by atoms with Gasteiger partial charge in [-0.15, -0.1) is 0 Å². The summed E-state index contributed by atoms with van der Waals surface area (Å²) in [7, 11) is 1.75. The number of rotatable bonds is 15. The van der Waals surface area contributed by atoms with Crippen LogP contribution in [-0.2, 0) is 22.4 Å². The number of carbonyl (C=O) groups excluding carboxylic acids is 1. The molecule has 2 aromatic carbocycles. The van der Waals surface area contributed by atoms with Crippen LogP contribution in [0.15, 0.2) is 41.3 Å². The molecule has 0 bridgehead atoms. The molecule has 1 aliphatic rings. The molecule has 0 radical (unpaired) electrons. The summed E-state index contributed by atoms with van der Waals surface area (Å²) < 4.78 is 5.35. The van der Waals surface area contributed by atoms with Crippen molar-refractivity contribution in [2.24, 2.45) is 5.92 Å². The third-order valence-corrected chi connectivity index (χ3v) is 7.23. The zero-order valence-corrected chi connectivity index (χ0v) is 21.7. The topological polar surface area (TPSA) is 103 Å². The van der Waals surface area contributed by atoms with Gasteiger partial charge in [0.05, 0.1) is 18.4 Å². The third-order valence-electron chi connectivity index (χ3n) is 6.07. The first-order valence-corrected chi connectivity index (χ1v) is 13.2. The number of aliphatic hydroxyl groups is 1. The monoisotopic (exact) mass is 501 g/mol. The Bertz CT molecular complexity index is 956. The predicted molar refractivity (Wildman–Crippen MR) is 142 cm³/mol. The summed E-state index contributed by atoms with van der Waals surface area (Å²) in [6, 6.07) is 12.3. The van der Waals surface area contributed by atoms with E-state index in [1.807, 2.05) is 0 Å². The number of phenols is 1. The highest BCUT2D eigenvalue weighted by Gasteiger charge is 2.28. The van der Waals surface area contributed by atoms with Crippen molar-refractivity contribution < 1.29 is 19.7 Å². The van der Waals surface area contributed by atoms with Crippen LogP contribution in [0.4, 0.5) is 5.69 Å². The Balaban J connectivity index is 1.44. The van der Waals surface area contributed by atoms with Gasteiger partial charge >= 0.3 is 0 Å². The first-order chi connectivity index (χ1) is 16.9. The number of anilines is 1. The molecule has 0 aromatic heterocycles. The summed E-state index contributed by atoms with van der Waals surface area (Å²) in [5.41, 5.74) is 3.81. The molecule has 3 rings (SSSR count). The SMILES string of the molecule is COC[C@H](CC(C)C)NCCc1cccc(CCNC[C@H](O)c2ccc(O)c3c2SC(C=O)N3)c1. The average molecular weight is 502 g/mol. The lowest BCUT2D eigenvalue weighted by molar-refractivity contribution is -0.107. The molecule has 192 valence electrons. The summed E-state index contributed by atoms with van der Waals surface area (Å²) in [5, 5.41) is 30.3. The molecule has 1 heterocycles. The van der Waals surface area contributed by atoms with Gasteiger partial charge in [-0.05, 0) is 61.0 Å². The van der Waals surface area contributed by atoms with Crippen molar-refractivity contribution in [2.45, 2.75) is 55.5 Å². The number of aldehydes is 1. The van der Waals surface area contributed by atoms with Crippen LogP contribution in [0, 0.1) is 5.92 Å². The summed E-state index contributed by atoms with van der Waals surface area (Å²) >= 11 is 1.32. The quantitative estimate of drug-likeness (QED) is 0.144.